The average molecular weight is 464 g/mol. The van der Waals surface area contributed by atoms with Gasteiger partial charge in [-0.05, 0) is 37.8 Å². The van der Waals surface area contributed by atoms with E-state index in [0.29, 0.717) is 45.2 Å². The van der Waals surface area contributed by atoms with Gasteiger partial charge in [-0.15, -0.1) is 11.3 Å². The highest BCUT2D eigenvalue weighted by Crippen LogP contribution is 2.40. The van der Waals surface area contributed by atoms with E-state index in [1.54, 1.807) is 0 Å². The van der Waals surface area contributed by atoms with Crippen molar-refractivity contribution < 1.29 is 9.59 Å². The quantitative estimate of drug-likeness (QED) is 0.607. The lowest BCUT2D eigenvalue weighted by Crippen LogP contribution is -2.51. The van der Waals surface area contributed by atoms with Gasteiger partial charge in [0.15, 0.2) is 0 Å². The molecule has 7 nitrogen and oxygen atoms in total. The van der Waals surface area contributed by atoms with Crippen LogP contribution < -0.4 is 5.32 Å². The first kappa shape index (κ1) is 22.0. The van der Waals surface area contributed by atoms with Crippen LogP contribution in [-0.4, -0.2) is 64.3 Å². The Labute approximate surface area is 197 Å². The third-order valence-corrected chi connectivity index (χ3v) is 7.66. The molecule has 5 rings (SSSR count). The molecular weight excluding hydrogens is 434 g/mol. The van der Waals surface area contributed by atoms with Gasteiger partial charge in [0.05, 0.1) is 17.1 Å². The smallest absolute Gasteiger partial charge is 0.264 e. The Hall–Kier alpha value is -2.84. The number of rotatable bonds is 6. The molecule has 2 amide bonds. The Bertz CT molecular complexity index is 1180. The van der Waals surface area contributed by atoms with Gasteiger partial charge in [-0.2, -0.15) is 0 Å². The summed E-state index contributed by atoms with van der Waals surface area (Å²) in [4.78, 5) is 40.8. The van der Waals surface area contributed by atoms with Crippen molar-refractivity contribution in [1.82, 2.24) is 25.1 Å². The maximum Gasteiger partial charge on any atom is 0.264 e. The van der Waals surface area contributed by atoms with E-state index in [0.717, 1.165) is 50.6 Å². The van der Waals surface area contributed by atoms with Crippen LogP contribution in [0, 0.1) is 13.8 Å². The summed E-state index contributed by atoms with van der Waals surface area (Å²) in [5, 5.41) is 4.01. The first-order valence-corrected chi connectivity index (χ1v) is 12.4. The van der Waals surface area contributed by atoms with E-state index < -0.39 is 0 Å². The highest BCUT2D eigenvalue weighted by atomic mass is 32.1. The molecule has 0 bridgehead atoms. The number of thiophene rings is 1. The van der Waals surface area contributed by atoms with Crippen LogP contribution in [0.1, 0.15) is 51.1 Å². The molecule has 3 aromatic rings. The summed E-state index contributed by atoms with van der Waals surface area (Å²) < 4.78 is 0. The summed E-state index contributed by atoms with van der Waals surface area (Å²) in [7, 11) is 0. The monoisotopic (exact) mass is 463 g/mol. The lowest BCUT2D eigenvalue weighted by Gasteiger charge is -2.34. The predicted octanol–water partition coefficient (Wildman–Crippen LogP) is 3.26. The molecule has 2 fully saturated rings. The van der Waals surface area contributed by atoms with E-state index in [1.165, 1.54) is 11.3 Å². The van der Waals surface area contributed by atoms with Crippen molar-refractivity contribution in [2.45, 2.75) is 39.2 Å². The van der Waals surface area contributed by atoms with Gasteiger partial charge in [0.25, 0.3) is 5.91 Å². The topological polar surface area (TPSA) is 78.4 Å². The van der Waals surface area contributed by atoms with Crippen molar-refractivity contribution in [2.75, 3.05) is 32.7 Å². The van der Waals surface area contributed by atoms with Crippen LogP contribution in [0.5, 0.6) is 0 Å². The zero-order chi connectivity index (χ0) is 22.9. The van der Waals surface area contributed by atoms with Crippen LogP contribution in [0.2, 0.25) is 0 Å². The van der Waals surface area contributed by atoms with E-state index in [1.807, 2.05) is 49.1 Å². The van der Waals surface area contributed by atoms with Gasteiger partial charge < -0.3 is 10.2 Å². The number of aryl methyl sites for hydroxylation is 2. The van der Waals surface area contributed by atoms with Gasteiger partial charge in [-0.25, -0.2) is 9.97 Å². The Morgan fingerprint density at radius 2 is 1.79 bits per heavy atom. The molecule has 33 heavy (non-hydrogen) atoms. The van der Waals surface area contributed by atoms with Gasteiger partial charge in [-0.1, -0.05) is 30.3 Å². The molecule has 1 aliphatic carbocycles. The van der Waals surface area contributed by atoms with Crippen molar-refractivity contribution in [3.63, 3.8) is 0 Å². The Morgan fingerprint density at radius 3 is 2.48 bits per heavy atom. The molecule has 172 valence electrons. The molecule has 8 heteroatoms. The predicted molar refractivity (Wildman–Crippen MR) is 129 cm³/mol. The van der Waals surface area contributed by atoms with Gasteiger partial charge >= 0.3 is 0 Å². The van der Waals surface area contributed by atoms with Gasteiger partial charge in [0.1, 0.15) is 10.7 Å². The molecule has 0 spiro atoms. The van der Waals surface area contributed by atoms with Crippen LogP contribution in [0.4, 0.5) is 0 Å². The highest BCUT2D eigenvalue weighted by Gasteiger charge is 2.30. The number of amides is 2. The number of carbonyl (C=O) groups is 2. The SMILES string of the molecule is Cc1nc(C2CC2)nc2sc(C(=O)N3CCN(CC(=O)NCc4ccccc4)CC3)c(C)c12. The number of fused-ring (bicyclic) bond motifs is 1. The summed E-state index contributed by atoms with van der Waals surface area (Å²) in [5.74, 6) is 1.50. The molecule has 2 aliphatic rings. The van der Waals surface area contributed by atoms with Crippen molar-refractivity contribution >= 4 is 33.4 Å². The second kappa shape index (κ2) is 9.19. The fourth-order valence-corrected chi connectivity index (χ4v) is 5.60. The highest BCUT2D eigenvalue weighted by molar-refractivity contribution is 7.20. The van der Waals surface area contributed by atoms with Crippen LogP contribution in [-0.2, 0) is 11.3 Å². The third-order valence-electron chi connectivity index (χ3n) is 6.48. The first-order chi connectivity index (χ1) is 16.0. The summed E-state index contributed by atoms with van der Waals surface area (Å²) in [6.45, 7) is 7.55. The fraction of sp³-hybridized carbons (Fsp3) is 0.440. The molecule has 1 saturated carbocycles. The number of hydrogen-bond acceptors (Lipinski definition) is 6. The molecule has 1 aliphatic heterocycles. The molecule has 0 radical (unpaired) electrons. The largest absolute Gasteiger partial charge is 0.351 e. The average Bonchev–Trinajstić information content (AvgIpc) is 3.62. The zero-order valence-electron chi connectivity index (χ0n) is 19.1. The fourth-order valence-electron chi connectivity index (χ4n) is 4.40. The van der Waals surface area contributed by atoms with E-state index in [-0.39, 0.29) is 11.8 Å². The third kappa shape index (κ3) is 4.77. The minimum Gasteiger partial charge on any atom is -0.351 e. The Morgan fingerprint density at radius 1 is 1.06 bits per heavy atom. The van der Waals surface area contributed by atoms with Crippen molar-refractivity contribution in [1.29, 1.82) is 0 Å². The van der Waals surface area contributed by atoms with Crippen molar-refractivity contribution in [3.8, 4) is 0 Å². The van der Waals surface area contributed by atoms with Crippen LogP contribution in [0.3, 0.4) is 0 Å². The second-order valence-corrected chi connectivity index (χ2v) is 10.0. The molecule has 2 aromatic heterocycles. The number of nitrogens with one attached hydrogen (secondary N) is 1. The van der Waals surface area contributed by atoms with E-state index in [2.05, 4.69) is 10.2 Å². The number of carbonyl (C=O) groups excluding carboxylic acids is 2. The maximum absolute atomic E-state index is 13.3. The van der Waals surface area contributed by atoms with Crippen molar-refractivity contribution in [3.05, 3.63) is 57.9 Å². The Kier molecular flexibility index (Phi) is 6.12. The molecule has 1 N–H and O–H groups in total. The summed E-state index contributed by atoms with van der Waals surface area (Å²) in [6.07, 6.45) is 2.32. The minimum atomic E-state index is 0.0134. The number of hydrogen-bond donors (Lipinski definition) is 1. The first-order valence-electron chi connectivity index (χ1n) is 11.6. The second-order valence-electron chi connectivity index (χ2n) is 9.01. The lowest BCUT2D eigenvalue weighted by atomic mass is 10.1. The van der Waals surface area contributed by atoms with Gasteiger partial charge in [0, 0.05) is 44.0 Å². The molecule has 1 saturated heterocycles. The molecule has 3 heterocycles. The van der Waals surface area contributed by atoms with Crippen LogP contribution in [0.15, 0.2) is 30.3 Å². The molecule has 1 aromatic carbocycles. The Balaban J connectivity index is 1.18. The summed E-state index contributed by atoms with van der Waals surface area (Å²) in [5.41, 5.74) is 3.05. The zero-order valence-corrected chi connectivity index (χ0v) is 20.0. The number of piperazine rings is 1. The van der Waals surface area contributed by atoms with Crippen LogP contribution in [0.25, 0.3) is 10.2 Å². The van der Waals surface area contributed by atoms with E-state index in [4.69, 9.17) is 9.97 Å². The van der Waals surface area contributed by atoms with E-state index in [9.17, 15) is 9.59 Å². The standard InChI is InChI=1S/C25H29N5O2S/c1-16-21-17(2)27-23(19-8-9-19)28-24(21)33-22(16)25(32)30-12-10-29(11-13-30)15-20(31)26-14-18-6-4-3-5-7-18/h3-7,19H,8-15H2,1-2H3,(H,26,31). The van der Waals surface area contributed by atoms with E-state index >= 15 is 0 Å². The van der Waals surface area contributed by atoms with Gasteiger partial charge in [0.2, 0.25) is 5.91 Å². The molecule has 0 unspecified atom stereocenters. The number of benzene rings is 1. The van der Waals surface area contributed by atoms with Crippen LogP contribution >= 0.6 is 11.3 Å². The van der Waals surface area contributed by atoms with Crippen molar-refractivity contribution in [2.24, 2.45) is 0 Å². The maximum atomic E-state index is 13.3. The molecule has 0 atom stereocenters. The normalized spacial score (nSPS) is 16.8. The minimum absolute atomic E-state index is 0.0134. The summed E-state index contributed by atoms with van der Waals surface area (Å²) >= 11 is 1.50. The van der Waals surface area contributed by atoms with Gasteiger partial charge in [-0.3, -0.25) is 14.5 Å². The number of aromatic nitrogens is 2. The number of nitrogens with zero attached hydrogens (tertiary/aromatic N) is 4. The molecular formula is C25H29N5O2S. The summed E-state index contributed by atoms with van der Waals surface area (Å²) in [6, 6.07) is 9.90. The lowest BCUT2D eigenvalue weighted by molar-refractivity contribution is -0.122.